The molecule has 6 heteroatoms. The Labute approximate surface area is 192 Å². The van der Waals surface area contributed by atoms with Crippen LogP contribution >= 0.6 is 0 Å². The third-order valence-electron chi connectivity index (χ3n) is 5.17. The van der Waals surface area contributed by atoms with E-state index in [-0.39, 0.29) is 25.0 Å². The van der Waals surface area contributed by atoms with E-state index >= 15 is 0 Å². The summed E-state index contributed by atoms with van der Waals surface area (Å²) in [6.07, 6.45) is 3.37. The maximum Gasteiger partial charge on any atom is 0.330 e. The van der Waals surface area contributed by atoms with Gasteiger partial charge < -0.3 is 9.47 Å². The first-order chi connectivity index (χ1) is 16.1. The second-order valence-corrected chi connectivity index (χ2v) is 7.51. The number of rotatable bonds is 9. The Bertz CT molecular complexity index is 1150. The van der Waals surface area contributed by atoms with E-state index < -0.39 is 5.97 Å². The number of carbonyl (C=O) groups excluding carboxylic acids is 3. The first-order valence-corrected chi connectivity index (χ1v) is 10.7. The average Bonchev–Trinajstić information content (AvgIpc) is 3.10. The molecule has 6 nitrogen and oxygen atoms in total. The maximum atomic E-state index is 12.3. The molecule has 166 valence electrons. The lowest BCUT2D eigenvalue weighted by Gasteiger charge is -2.13. The van der Waals surface area contributed by atoms with Crippen molar-refractivity contribution in [3.05, 3.63) is 107 Å². The minimum absolute atomic E-state index is 0.108. The molecule has 0 bridgehead atoms. The summed E-state index contributed by atoms with van der Waals surface area (Å²) >= 11 is 0. The fraction of sp³-hybridized carbons (Fsp3) is 0.148. The zero-order chi connectivity index (χ0) is 23.0. The monoisotopic (exact) mass is 441 g/mol. The molecule has 1 aliphatic rings. The number of esters is 1. The van der Waals surface area contributed by atoms with Crippen molar-refractivity contribution >= 4 is 23.9 Å². The third kappa shape index (κ3) is 5.54. The summed E-state index contributed by atoms with van der Waals surface area (Å²) in [7, 11) is 0. The van der Waals surface area contributed by atoms with Crippen LogP contribution in [0, 0.1) is 0 Å². The summed E-state index contributed by atoms with van der Waals surface area (Å²) in [5, 5.41) is 0. The Balaban J connectivity index is 1.21. The van der Waals surface area contributed by atoms with Gasteiger partial charge in [0.05, 0.1) is 17.7 Å². The Hall–Kier alpha value is -4.19. The molecule has 0 radical (unpaired) electrons. The van der Waals surface area contributed by atoms with Gasteiger partial charge in [0.1, 0.15) is 12.4 Å². The zero-order valence-electron chi connectivity index (χ0n) is 18.0. The number of amides is 2. The van der Waals surface area contributed by atoms with E-state index in [0.717, 1.165) is 11.1 Å². The molecule has 0 fully saturated rings. The molecule has 0 saturated heterocycles. The Morgan fingerprint density at radius 3 is 2.27 bits per heavy atom. The Morgan fingerprint density at radius 2 is 1.55 bits per heavy atom. The van der Waals surface area contributed by atoms with Crippen LogP contribution in [0.5, 0.6) is 5.75 Å². The number of carbonyl (C=O) groups is 3. The molecule has 0 unspecified atom stereocenters. The van der Waals surface area contributed by atoms with Gasteiger partial charge in [-0.2, -0.15) is 0 Å². The van der Waals surface area contributed by atoms with Crippen LogP contribution in [0.4, 0.5) is 0 Å². The van der Waals surface area contributed by atoms with Crippen LogP contribution in [0.2, 0.25) is 0 Å². The van der Waals surface area contributed by atoms with Crippen molar-refractivity contribution in [1.29, 1.82) is 0 Å². The first kappa shape index (κ1) is 22.0. The van der Waals surface area contributed by atoms with Crippen LogP contribution in [0.1, 0.15) is 38.3 Å². The van der Waals surface area contributed by atoms with E-state index in [0.29, 0.717) is 29.9 Å². The van der Waals surface area contributed by atoms with Crippen molar-refractivity contribution in [3.8, 4) is 5.75 Å². The van der Waals surface area contributed by atoms with Gasteiger partial charge in [-0.05, 0) is 47.9 Å². The summed E-state index contributed by atoms with van der Waals surface area (Å²) in [6, 6.07) is 24.0. The molecule has 4 rings (SSSR count). The highest BCUT2D eigenvalue weighted by atomic mass is 16.5. The maximum absolute atomic E-state index is 12.3. The fourth-order valence-electron chi connectivity index (χ4n) is 3.50. The smallest absolute Gasteiger partial charge is 0.330 e. The molecule has 0 aliphatic carbocycles. The van der Waals surface area contributed by atoms with Crippen LogP contribution < -0.4 is 4.74 Å². The van der Waals surface area contributed by atoms with Gasteiger partial charge >= 0.3 is 5.97 Å². The average molecular weight is 441 g/mol. The third-order valence-corrected chi connectivity index (χ3v) is 5.17. The molecule has 0 spiro atoms. The Morgan fingerprint density at radius 1 is 0.848 bits per heavy atom. The van der Waals surface area contributed by atoms with E-state index in [2.05, 4.69) is 0 Å². The molecule has 33 heavy (non-hydrogen) atoms. The van der Waals surface area contributed by atoms with Crippen molar-refractivity contribution in [2.24, 2.45) is 0 Å². The van der Waals surface area contributed by atoms with Crippen LogP contribution in [-0.2, 0) is 16.1 Å². The van der Waals surface area contributed by atoms with Crippen molar-refractivity contribution in [1.82, 2.24) is 4.90 Å². The van der Waals surface area contributed by atoms with Gasteiger partial charge in [0.15, 0.2) is 0 Å². The molecule has 3 aromatic rings. The second kappa shape index (κ2) is 10.4. The normalized spacial score (nSPS) is 12.8. The van der Waals surface area contributed by atoms with Crippen molar-refractivity contribution in [3.63, 3.8) is 0 Å². The molecular weight excluding hydrogens is 418 g/mol. The van der Waals surface area contributed by atoms with E-state index in [1.54, 1.807) is 30.3 Å². The van der Waals surface area contributed by atoms with Crippen LogP contribution in [0.25, 0.3) is 6.08 Å². The number of hydrogen-bond acceptors (Lipinski definition) is 5. The quantitative estimate of drug-likeness (QED) is 0.211. The molecule has 0 saturated carbocycles. The van der Waals surface area contributed by atoms with E-state index in [9.17, 15) is 14.4 Å². The lowest BCUT2D eigenvalue weighted by molar-refractivity contribution is -0.137. The van der Waals surface area contributed by atoms with Gasteiger partial charge in [-0.25, -0.2) is 4.79 Å². The molecule has 0 aromatic heterocycles. The predicted octanol–water partition coefficient (Wildman–Crippen LogP) is 4.51. The number of benzene rings is 3. The SMILES string of the molecule is O=C(/C=C/c1cccc(OCc2ccccc2)c1)OCCCN1C(=O)c2ccccc2C1=O. The van der Waals surface area contributed by atoms with Crippen LogP contribution in [-0.4, -0.2) is 35.8 Å². The summed E-state index contributed by atoms with van der Waals surface area (Å²) in [5.41, 5.74) is 2.71. The topological polar surface area (TPSA) is 72.9 Å². The highest BCUT2D eigenvalue weighted by Gasteiger charge is 2.34. The molecule has 1 heterocycles. The summed E-state index contributed by atoms with van der Waals surface area (Å²) in [5.74, 6) is -0.407. The van der Waals surface area contributed by atoms with Crippen molar-refractivity contribution in [2.45, 2.75) is 13.0 Å². The van der Waals surface area contributed by atoms with E-state index in [4.69, 9.17) is 9.47 Å². The zero-order valence-corrected chi connectivity index (χ0v) is 18.0. The summed E-state index contributed by atoms with van der Waals surface area (Å²) in [6.45, 7) is 0.768. The minimum atomic E-state index is -0.493. The van der Waals surface area contributed by atoms with E-state index in [1.807, 2.05) is 54.6 Å². The number of fused-ring (bicyclic) bond motifs is 1. The molecule has 0 N–H and O–H groups in total. The lowest BCUT2D eigenvalue weighted by atomic mass is 10.1. The van der Waals surface area contributed by atoms with Crippen molar-refractivity contribution < 1.29 is 23.9 Å². The van der Waals surface area contributed by atoms with E-state index in [1.165, 1.54) is 11.0 Å². The molecular formula is C27H23NO5. The molecule has 0 atom stereocenters. The lowest BCUT2D eigenvalue weighted by Crippen LogP contribution is -2.31. The number of hydrogen-bond donors (Lipinski definition) is 0. The number of imide groups is 1. The molecule has 1 aliphatic heterocycles. The van der Waals surface area contributed by atoms with Gasteiger partial charge in [0, 0.05) is 12.6 Å². The summed E-state index contributed by atoms with van der Waals surface area (Å²) in [4.78, 5) is 37.9. The number of ether oxygens (including phenoxy) is 2. The standard InChI is InChI=1S/C27H23NO5/c29-25(32-17-7-16-28-26(30)23-12-4-5-13-24(23)27(28)31)15-14-20-10-6-11-22(18-20)33-19-21-8-2-1-3-9-21/h1-6,8-15,18H,7,16-17,19H2/b15-14+. The van der Waals surface area contributed by atoms with Gasteiger partial charge in [-0.1, -0.05) is 54.6 Å². The fourth-order valence-corrected chi connectivity index (χ4v) is 3.50. The number of nitrogens with zero attached hydrogens (tertiary/aromatic N) is 1. The van der Waals surface area contributed by atoms with Crippen LogP contribution in [0.3, 0.4) is 0 Å². The highest BCUT2D eigenvalue weighted by molar-refractivity contribution is 6.21. The predicted molar refractivity (Wildman–Crippen MR) is 124 cm³/mol. The van der Waals surface area contributed by atoms with Gasteiger partial charge in [-0.15, -0.1) is 0 Å². The first-order valence-electron chi connectivity index (χ1n) is 10.7. The minimum Gasteiger partial charge on any atom is -0.489 e. The van der Waals surface area contributed by atoms with Crippen molar-refractivity contribution in [2.75, 3.05) is 13.2 Å². The van der Waals surface area contributed by atoms with Gasteiger partial charge in [-0.3, -0.25) is 14.5 Å². The second-order valence-electron chi connectivity index (χ2n) is 7.51. The van der Waals surface area contributed by atoms with Crippen LogP contribution in [0.15, 0.2) is 84.9 Å². The molecule has 2 amide bonds. The van der Waals surface area contributed by atoms with Gasteiger partial charge in [0.25, 0.3) is 11.8 Å². The Kier molecular flexibility index (Phi) is 6.95. The highest BCUT2D eigenvalue weighted by Crippen LogP contribution is 2.22. The molecule has 3 aromatic carbocycles. The largest absolute Gasteiger partial charge is 0.489 e. The summed E-state index contributed by atoms with van der Waals surface area (Å²) < 4.78 is 11.0. The van der Waals surface area contributed by atoms with Gasteiger partial charge in [0.2, 0.25) is 0 Å².